The van der Waals surface area contributed by atoms with Gasteiger partial charge < -0.3 is 16.6 Å². The number of carboxylic acids is 1. The smallest absolute Gasteiger partial charge is 0.305 e. The maximum atomic E-state index is 13.4. The van der Waals surface area contributed by atoms with Crippen LogP contribution in [-0.4, -0.2) is 17.0 Å². The van der Waals surface area contributed by atoms with E-state index in [1.807, 2.05) is 0 Å². The SMILES string of the molecule is NC(N)=NC(CC(=O)O)c1ccccc1F. The van der Waals surface area contributed by atoms with Crippen LogP contribution in [0.3, 0.4) is 0 Å². The van der Waals surface area contributed by atoms with Crippen molar-refractivity contribution < 1.29 is 14.3 Å². The van der Waals surface area contributed by atoms with Crippen LogP contribution in [0.25, 0.3) is 0 Å². The summed E-state index contributed by atoms with van der Waals surface area (Å²) < 4.78 is 13.4. The molecule has 0 aliphatic rings. The molecule has 5 nitrogen and oxygen atoms in total. The molecule has 1 rings (SSSR count). The van der Waals surface area contributed by atoms with Crippen molar-refractivity contribution in [2.45, 2.75) is 12.5 Å². The van der Waals surface area contributed by atoms with Gasteiger partial charge in [0.1, 0.15) is 5.82 Å². The van der Waals surface area contributed by atoms with Gasteiger partial charge in [-0.2, -0.15) is 0 Å². The molecule has 0 aliphatic carbocycles. The van der Waals surface area contributed by atoms with Crippen LogP contribution in [-0.2, 0) is 4.79 Å². The number of guanidine groups is 1. The normalized spacial score (nSPS) is 11.8. The Morgan fingerprint density at radius 1 is 1.44 bits per heavy atom. The number of nitrogens with two attached hydrogens (primary N) is 2. The Morgan fingerprint density at radius 2 is 2.06 bits per heavy atom. The number of aliphatic imine (C=N–C) groups is 1. The molecule has 0 radical (unpaired) electrons. The van der Waals surface area contributed by atoms with Crippen LogP contribution in [0, 0.1) is 5.82 Å². The minimum Gasteiger partial charge on any atom is -0.481 e. The van der Waals surface area contributed by atoms with Gasteiger partial charge in [-0.1, -0.05) is 18.2 Å². The largest absolute Gasteiger partial charge is 0.481 e. The van der Waals surface area contributed by atoms with Crippen LogP contribution in [0.1, 0.15) is 18.0 Å². The zero-order valence-electron chi connectivity index (χ0n) is 8.43. The predicted octanol–water partition coefficient (Wildman–Crippen LogP) is 0.615. The summed E-state index contributed by atoms with van der Waals surface area (Å²) in [6, 6.07) is 4.88. The van der Waals surface area contributed by atoms with E-state index in [4.69, 9.17) is 16.6 Å². The molecule has 0 spiro atoms. The molecule has 0 aliphatic heterocycles. The highest BCUT2D eigenvalue weighted by molar-refractivity contribution is 5.77. The second kappa shape index (κ2) is 5.11. The van der Waals surface area contributed by atoms with E-state index in [9.17, 15) is 9.18 Å². The lowest BCUT2D eigenvalue weighted by Gasteiger charge is -2.11. The number of aliphatic carboxylic acids is 1. The second-order valence-corrected chi connectivity index (χ2v) is 3.19. The molecule has 5 N–H and O–H groups in total. The van der Waals surface area contributed by atoms with Crippen LogP contribution in [0.5, 0.6) is 0 Å². The predicted molar refractivity (Wildman–Crippen MR) is 57.2 cm³/mol. The van der Waals surface area contributed by atoms with E-state index in [2.05, 4.69) is 4.99 Å². The van der Waals surface area contributed by atoms with Crippen LogP contribution >= 0.6 is 0 Å². The molecule has 86 valence electrons. The molecule has 1 aromatic carbocycles. The number of rotatable bonds is 4. The molecular weight excluding hydrogens is 213 g/mol. The van der Waals surface area contributed by atoms with E-state index in [1.54, 1.807) is 6.07 Å². The third-order valence-corrected chi connectivity index (χ3v) is 1.94. The molecule has 1 unspecified atom stereocenters. The molecule has 0 aromatic heterocycles. The van der Waals surface area contributed by atoms with E-state index in [-0.39, 0.29) is 17.9 Å². The van der Waals surface area contributed by atoms with E-state index in [0.29, 0.717) is 0 Å². The Hall–Kier alpha value is -2.11. The van der Waals surface area contributed by atoms with Crippen molar-refractivity contribution in [3.8, 4) is 0 Å². The summed E-state index contributed by atoms with van der Waals surface area (Å²) in [6.07, 6.45) is -0.362. The molecule has 1 atom stereocenters. The number of hydrogen-bond donors (Lipinski definition) is 3. The van der Waals surface area contributed by atoms with Crippen LogP contribution in [0.15, 0.2) is 29.3 Å². The van der Waals surface area contributed by atoms with E-state index < -0.39 is 17.8 Å². The zero-order valence-corrected chi connectivity index (χ0v) is 8.43. The first-order valence-electron chi connectivity index (χ1n) is 4.55. The van der Waals surface area contributed by atoms with Crippen molar-refractivity contribution in [2.75, 3.05) is 0 Å². The first kappa shape index (κ1) is 12.0. The number of nitrogens with zero attached hydrogens (tertiary/aromatic N) is 1. The molecule has 0 heterocycles. The van der Waals surface area contributed by atoms with Crippen LogP contribution in [0.2, 0.25) is 0 Å². The van der Waals surface area contributed by atoms with Crippen molar-refractivity contribution in [1.29, 1.82) is 0 Å². The minimum atomic E-state index is -1.10. The number of benzene rings is 1. The second-order valence-electron chi connectivity index (χ2n) is 3.19. The Balaban J connectivity index is 3.06. The molecule has 0 bridgehead atoms. The number of halogens is 1. The minimum absolute atomic E-state index is 0.165. The quantitative estimate of drug-likeness (QED) is 0.516. The van der Waals surface area contributed by atoms with Crippen LogP contribution < -0.4 is 11.5 Å². The summed E-state index contributed by atoms with van der Waals surface area (Å²) in [7, 11) is 0. The van der Waals surface area contributed by atoms with E-state index in [1.165, 1.54) is 18.2 Å². The standard InChI is InChI=1S/C10H12FN3O2/c11-7-4-2-1-3-6(7)8(5-9(15)16)14-10(12)13/h1-4,8H,5H2,(H,15,16)(H4,12,13,14). The number of hydrogen-bond acceptors (Lipinski definition) is 2. The summed E-state index contributed by atoms with van der Waals surface area (Å²) in [4.78, 5) is 14.3. The van der Waals surface area contributed by atoms with Gasteiger partial charge in [0.25, 0.3) is 0 Å². The maximum Gasteiger partial charge on any atom is 0.305 e. The highest BCUT2D eigenvalue weighted by Crippen LogP contribution is 2.23. The molecule has 0 saturated heterocycles. The zero-order chi connectivity index (χ0) is 12.1. The third-order valence-electron chi connectivity index (χ3n) is 1.94. The van der Waals surface area contributed by atoms with Gasteiger partial charge in [0.2, 0.25) is 0 Å². The lowest BCUT2D eigenvalue weighted by atomic mass is 10.0. The van der Waals surface area contributed by atoms with Crippen molar-refractivity contribution in [2.24, 2.45) is 16.5 Å². The fourth-order valence-electron chi connectivity index (χ4n) is 1.32. The Labute approximate surface area is 91.6 Å². The monoisotopic (exact) mass is 225 g/mol. The highest BCUT2D eigenvalue weighted by atomic mass is 19.1. The molecule has 6 heteroatoms. The Kier molecular flexibility index (Phi) is 3.82. The van der Waals surface area contributed by atoms with Gasteiger partial charge in [-0.15, -0.1) is 0 Å². The van der Waals surface area contributed by atoms with Gasteiger partial charge in [0, 0.05) is 5.56 Å². The average Bonchev–Trinajstić information content (AvgIpc) is 2.15. The molecule has 16 heavy (non-hydrogen) atoms. The molecule has 1 aromatic rings. The summed E-state index contributed by atoms with van der Waals surface area (Å²) in [5.41, 5.74) is 10.5. The van der Waals surface area contributed by atoms with Gasteiger partial charge in [0.15, 0.2) is 5.96 Å². The lowest BCUT2D eigenvalue weighted by Crippen LogP contribution is -2.24. The summed E-state index contributed by atoms with van der Waals surface area (Å²) in [5.74, 6) is -1.90. The van der Waals surface area contributed by atoms with E-state index >= 15 is 0 Å². The van der Waals surface area contributed by atoms with Crippen molar-refractivity contribution in [3.05, 3.63) is 35.6 Å². The maximum absolute atomic E-state index is 13.4. The van der Waals surface area contributed by atoms with Gasteiger partial charge in [-0.25, -0.2) is 9.38 Å². The number of carboxylic acid groups (broad SMARTS) is 1. The fraction of sp³-hybridized carbons (Fsp3) is 0.200. The van der Waals surface area contributed by atoms with Crippen molar-refractivity contribution in [3.63, 3.8) is 0 Å². The Morgan fingerprint density at radius 3 is 2.56 bits per heavy atom. The van der Waals surface area contributed by atoms with E-state index in [0.717, 1.165) is 0 Å². The van der Waals surface area contributed by atoms with Crippen molar-refractivity contribution in [1.82, 2.24) is 0 Å². The van der Waals surface area contributed by atoms with Gasteiger partial charge in [-0.05, 0) is 6.07 Å². The first-order valence-corrected chi connectivity index (χ1v) is 4.55. The van der Waals surface area contributed by atoms with Gasteiger partial charge in [0.05, 0.1) is 12.5 Å². The first-order chi connectivity index (χ1) is 7.50. The van der Waals surface area contributed by atoms with Gasteiger partial charge in [-0.3, -0.25) is 4.79 Å². The fourth-order valence-corrected chi connectivity index (χ4v) is 1.32. The summed E-state index contributed by atoms with van der Waals surface area (Å²) in [6.45, 7) is 0. The third kappa shape index (κ3) is 3.23. The Bertz CT molecular complexity index is 416. The molecule has 0 fully saturated rings. The molecular formula is C10H12FN3O2. The molecule has 0 amide bonds. The number of carbonyl (C=O) groups is 1. The summed E-state index contributed by atoms with van der Waals surface area (Å²) in [5, 5.41) is 8.68. The van der Waals surface area contributed by atoms with Gasteiger partial charge >= 0.3 is 5.97 Å². The molecule has 0 saturated carbocycles. The topological polar surface area (TPSA) is 102 Å². The van der Waals surface area contributed by atoms with Crippen LogP contribution in [0.4, 0.5) is 4.39 Å². The summed E-state index contributed by atoms with van der Waals surface area (Å²) >= 11 is 0. The van der Waals surface area contributed by atoms with Crippen molar-refractivity contribution >= 4 is 11.9 Å². The average molecular weight is 225 g/mol. The lowest BCUT2D eigenvalue weighted by molar-refractivity contribution is -0.137. The highest BCUT2D eigenvalue weighted by Gasteiger charge is 2.17.